The molecule has 2 aliphatic rings. The van der Waals surface area contributed by atoms with Crippen LogP contribution in [0.3, 0.4) is 0 Å². The molecular formula is C31H52B-. The summed E-state index contributed by atoms with van der Waals surface area (Å²) in [6, 6.07) is 0. The summed E-state index contributed by atoms with van der Waals surface area (Å²) in [7, 11) is 0. The van der Waals surface area contributed by atoms with Crippen LogP contribution >= 0.6 is 0 Å². The summed E-state index contributed by atoms with van der Waals surface area (Å²) in [5, 5.41) is 0. The average Bonchev–Trinajstić information content (AvgIpc) is 2.85. The van der Waals surface area contributed by atoms with E-state index >= 15 is 0 Å². The van der Waals surface area contributed by atoms with Crippen molar-refractivity contribution in [2.24, 2.45) is 0 Å². The minimum Gasteiger partial charge on any atom is -0.304 e. The highest BCUT2D eigenvalue weighted by Gasteiger charge is 2.37. The van der Waals surface area contributed by atoms with Gasteiger partial charge >= 0.3 is 0 Å². The Morgan fingerprint density at radius 1 is 0.750 bits per heavy atom. The summed E-state index contributed by atoms with van der Waals surface area (Å²) in [6.07, 6.45) is 29.4. The molecule has 0 aromatic heterocycles. The molecule has 32 heavy (non-hydrogen) atoms. The predicted octanol–water partition coefficient (Wildman–Crippen LogP) is 10.4. The maximum Gasteiger partial charge on any atom is 0.0958 e. The fourth-order valence-electron chi connectivity index (χ4n) is 6.37. The van der Waals surface area contributed by atoms with Crippen LogP contribution in [-0.2, 0) is 0 Å². The van der Waals surface area contributed by atoms with Crippen molar-refractivity contribution in [1.82, 2.24) is 0 Å². The average molecular weight is 436 g/mol. The monoisotopic (exact) mass is 435 g/mol. The van der Waals surface area contributed by atoms with Gasteiger partial charge in [-0.1, -0.05) is 111 Å². The maximum absolute atomic E-state index is 4.01. The Morgan fingerprint density at radius 3 is 1.78 bits per heavy atom. The molecule has 0 amide bonds. The van der Waals surface area contributed by atoms with Gasteiger partial charge in [0.25, 0.3) is 0 Å². The van der Waals surface area contributed by atoms with Crippen LogP contribution in [0.15, 0.2) is 29.4 Å². The van der Waals surface area contributed by atoms with Gasteiger partial charge in [0.15, 0.2) is 0 Å². The molecule has 2 saturated carbocycles. The smallest absolute Gasteiger partial charge is 0.0958 e. The Bertz CT molecular complexity index is 612. The number of hydrogen-bond acceptors (Lipinski definition) is 0. The topological polar surface area (TPSA) is 0 Å². The van der Waals surface area contributed by atoms with Crippen molar-refractivity contribution in [2.45, 2.75) is 154 Å². The van der Waals surface area contributed by atoms with Gasteiger partial charge in [-0.25, -0.2) is 5.98 Å². The van der Waals surface area contributed by atoms with Gasteiger partial charge in [-0.05, 0) is 37.7 Å². The van der Waals surface area contributed by atoms with Crippen molar-refractivity contribution >= 4 is 6.15 Å². The second-order valence-electron chi connectivity index (χ2n) is 10.8. The van der Waals surface area contributed by atoms with E-state index in [1.165, 1.54) is 128 Å². The van der Waals surface area contributed by atoms with Gasteiger partial charge in [-0.3, -0.25) is 0 Å². The zero-order chi connectivity index (χ0) is 22.9. The first kappa shape index (κ1) is 27.1. The summed E-state index contributed by atoms with van der Waals surface area (Å²) < 4.78 is 0. The van der Waals surface area contributed by atoms with Crippen LogP contribution in [0.4, 0.5) is 0 Å². The standard InChI is InChI=1S/C31H52B/c1-4-7-10-18-27-32(30-23-13-11-14-24-30,31-25-15-12-16-26-31)28-19-17-22-29(20-8-5-2)21-9-6-3/h17-18,27,30-31H,4-16,20-21,23-26H2,1-3H3/q-1/b27-18+. The number of rotatable bonds is 12. The Balaban J connectivity index is 2.36. The lowest BCUT2D eigenvalue weighted by Crippen LogP contribution is -2.44. The first-order valence-corrected chi connectivity index (χ1v) is 14.6. The molecule has 0 atom stereocenters. The summed E-state index contributed by atoms with van der Waals surface area (Å²) in [6.45, 7) is 6.88. The van der Waals surface area contributed by atoms with Crippen LogP contribution in [0, 0.1) is 11.7 Å². The van der Waals surface area contributed by atoms with E-state index in [4.69, 9.17) is 0 Å². The fourth-order valence-corrected chi connectivity index (χ4v) is 6.37. The second kappa shape index (κ2) is 16.5. The molecule has 2 aliphatic carbocycles. The van der Waals surface area contributed by atoms with E-state index in [-0.39, 0.29) is 0 Å². The van der Waals surface area contributed by atoms with Crippen molar-refractivity contribution in [2.75, 3.05) is 0 Å². The van der Waals surface area contributed by atoms with Gasteiger partial charge in [0.05, 0.1) is 6.15 Å². The lowest BCUT2D eigenvalue weighted by atomic mass is 9.12. The van der Waals surface area contributed by atoms with Gasteiger partial charge < -0.3 is 5.82 Å². The maximum atomic E-state index is 4.01. The highest BCUT2D eigenvalue weighted by atomic mass is 14.2. The molecule has 0 spiro atoms. The molecular weight excluding hydrogens is 383 g/mol. The van der Waals surface area contributed by atoms with Gasteiger partial charge in [-0.2, -0.15) is 11.6 Å². The summed E-state index contributed by atoms with van der Waals surface area (Å²) in [4.78, 5) is 0. The summed E-state index contributed by atoms with van der Waals surface area (Å²) >= 11 is 0. The molecule has 0 aliphatic heterocycles. The van der Waals surface area contributed by atoms with Crippen LogP contribution < -0.4 is 0 Å². The molecule has 0 bridgehead atoms. The van der Waals surface area contributed by atoms with Gasteiger partial charge in [0.2, 0.25) is 0 Å². The molecule has 0 radical (unpaired) electrons. The van der Waals surface area contributed by atoms with Crippen LogP contribution in [0.5, 0.6) is 0 Å². The van der Waals surface area contributed by atoms with Crippen LogP contribution in [-0.4, -0.2) is 6.15 Å². The Labute approximate surface area is 201 Å². The number of hydrogen-bond donors (Lipinski definition) is 0. The highest BCUT2D eigenvalue weighted by molar-refractivity contribution is 6.94. The van der Waals surface area contributed by atoms with Gasteiger partial charge in [0, 0.05) is 6.08 Å². The van der Waals surface area contributed by atoms with Crippen molar-refractivity contribution in [1.29, 1.82) is 0 Å². The third-order valence-electron chi connectivity index (χ3n) is 8.38. The zero-order valence-corrected chi connectivity index (χ0v) is 21.9. The van der Waals surface area contributed by atoms with Crippen LogP contribution in [0.25, 0.3) is 0 Å². The first-order valence-electron chi connectivity index (χ1n) is 14.6. The third kappa shape index (κ3) is 9.03. The Morgan fingerprint density at radius 2 is 1.28 bits per heavy atom. The Hall–Kier alpha value is -1.12. The molecule has 0 heterocycles. The quantitative estimate of drug-likeness (QED) is 0.124. The van der Waals surface area contributed by atoms with Crippen molar-refractivity contribution in [3.63, 3.8) is 0 Å². The van der Waals surface area contributed by atoms with Crippen molar-refractivity contribution in [3.05, 3.63) is 29.4 Å². The van der Waals surface area contributed by atoms with Crippen LogP contribution in [0.1, 0.15) is 143 Å². The third-order valence-corrected chi connectivity index (χ3v) is 8.38. The largest absolute Gasteiger partial charge is 0.304 e. The molecule has 0 aromatic carbocycles. The molecule has 2 rings (SSSR count). The van der Waals surface area contributed by atoms with E-state index in [0.717, 1.165) is 11.6 Å². The highest BCUT2D eigenvalue weighted by Crippen LogP contribution is 2.48. The molecule has 0 N–H and O–H groups in total. The SMILES string of the molecule is CCCC/C=C/[B-](C#CC=C=C(CCCC)CCCC)(C1CCCCC1)C1CCCCC1. The van der Waals surface area contributed by atoms with E-state index in [1.54, 1.807) is 0 Å². The Kier molecular flexibility index (Phi) is 14.0. The van der Waals surface area contributed by atoms with Crippen molar-refractivity contribution < 1.29 is 0 Å². The summed E-state index contributed by atoms with van der Waals surface area (Å²) in [5.74, 6) is 11.9. The zero-order valence-electron chi connectivity index (χ0n) is 21.9. The van der Waals surface area contributed by atoms with E-state index in [1.807, 2.05) is 0 Å². The molecule has 0 nitrogen and oxygen atoms in total. The lowest BCUT2D eigenvalue weighted by Gasteiger charge is -2.50. The van der Waals surface area contributed by atoms with Gasteiger partial charge in [0.1, 0.15) is 0 Å². The molecule has 1 heteroatoms. The van der Waals surface area contributed by atoms with E-state index in [0.29, 0.717) is 0 Å². The molecule has 180 valence electrons. The summed E-state index contributed by atoms with van der Waals surface area (Å²) in [5.41, 5.74) is 5.14. The van der Waals surface area contributed by atoms with E-state index in [9.17, 15) is 0 Å². The minimum absolute atomic E-state index is 0.752. The van der Waals surface area contributed by atoms with Gasteiger partial charge in [-0.15, -0.1) is 17.7 Å². The van der Waals surface area contributed by atoms with E-state index in [2.05, 4.69) is 56.4 Å². The molecule has 2 fully saturated rings. The predicted molar refractivity (Wildman–Crippen MR) is 147 cm³/mol. The fraction of sp³-hybridized carbons (Fsp3) is 0.774. The number of unbranched alkanes of at least 4 members (excludes halogenated alkanes) is 4. The normalized spacial score (nSPS) is 18.2. The molecule has 0 unspecified atom stereocenters. The van der Waals surface area contributed by atoms with Crippen LogP contribution in [0.2, 0.25) is 11.6 Å². The first-order chi connectivity index (χ1) is 15.8. The number of allylic oxidation sites excluding steroid dienone is 2. The van der Waals surface area contributed by atoms with Crippen molar-refractivity contribution in [3.8, 4) is 11.7 Å². The molecule has 0 saturated heterocycles. The second-order valence-corrected chi connectivity index (χ2v) is 10.8. The lowest BCUT2D eigenvalue weighted by molar-refractivity contribution is 0.459. The minimum atomic E-state index is -0.752. The molecule has 0 aromatic rings. The van der Waals surface area contributed by atoms with E-state index < -0.39 is 6.15 Å².